The fourth-order valence-electron chi connectivity index (χ4n) is 4.46. The monoisotopic (exact) mass is 535 g/mol. The number of nitrogens with two attached hydrogens (primary N) is 1. The van der Waals surface area contributed by atoms with Gasteiger partial charge in [-0.3, -0.25) is 14.2 Å². The molecule has 1 aliphatic heterocycles. The summed E-state index contributed by atoms with van der Waals surface area (Å²) in [5.41, 5.74) is 3.07. The third-order valence-electron chi connectivity index (χ3n) is 6.51. The van der Waals surface area contributed by atoms with Crippen LogP contribution < -0.4 is 10.6 Å². The molecule has 38 heavy (non-hydrogen) atoms. The van der Waals surface area contributed by atoms with Gasteiger partial charge in [-0.2, -0.15) is 10.4 Å². The van der Waals surface area contributed by atoms with E-state index >= 15 is 0 Å². The Morgan fingerprint density at radius 2 is 2.03 bits per heavy atom. The van der Waals surface area contributed by atoms with Crippen molar-refractivity contribution >= 4 is 33.3 Å². The van der Waals surface area contributed by atoms with E-state index in [-0.39, 0.29) is 16.6 Å². The number of likely N-dealkylation sites (tertiary alicyclic amines) is 1. The predicted octanol–water partition coefficient (Wildman–Crippen LogP) is 2.49. The Kier molecular flexibility index (Phi) is 7.78. The zero-order chi connectivity index (χ0) is 27.4. The van der Waals surface area contributed by atoms with Gasteiger partial charge in [0.25, 0.3) is 0 Å². The highest BCUT2D eigenvalue weighted by molar-refractivity contribution is 7.90. The van der Waals surface area contributed by atoms with Crippen LogP contribution in [0.3, 0.4) is 0 Å². The number of carbonyl (C=O) groups is 1. The van der Waals surface area contributed by atoms with Gasteiger partial charge in [0.15, 0.2) is 9.84 Å². The summed E-state index contributed by atoms with van der Waals surface area (Å²) >= 11 is 0. The number of rotatable bonds is 8. The molecule has 0 radical (unpaired) electrons. The largest absolute Gasteiger partial charge is 0.471 e. The minimum absolute atomic E-state index is 0.0427. The Bertz CT molecular complexity index is 1560. The van der Waals surface area contributed by atoms with E-state index in [0.29, 0.717) is 47.2 Å². The summed E-state index contributed by atoms with van der Waals surface area (Å²) in [6.45, 7) is 4.91. The number of ether oxygens (including phenoxy) is 1. The quantitative estimate of drug-likeness (QED) is 0.201. The van der Waals surface area contributed by atoms with Crippen molar-refractivity contribution in [3.8, 4) is 11.9 Å². The zero-order valence-electron chi connectivity index (χ0n) is 21.4. The number of fused-ring (bicyclic) bond motifs is 1. The third kappa shape index (κ3) is 5.68. The number of benzene rings is 1. The lowest BCUT2D eigenvalue weighted by Gasteiger charge is -2.27. The van der Waals surface area contributed by atoms with E-state index in [0.717, 1.165) is 25.5 Å². The van der Waals surface area contributed by atoms with Gasteiger partial charge in [-0.15, -0.1) is 0 Å². The van der Waals surface area contributed by atoms with Crippen molar-refractivity contribution in [3.05, 3.63) is 59.4 Å². The van der Waals surface area contributed by atoms with Crippen LogP contribution >= 0.6 is 0 Å². The summed E-state index contributed by atoms with van der Waals surface area (Å²) in [5, 5.41) is 13.6. The van der Waals surface area contributed by atoms with E-state index in [1.54, 1.807) is 46.6 Å². The molecule has 1 unspecified atom stereocenters. The first kappa shape index (κ1) is 26.8. The molecule has 3 aromatic rings. The van der Waals surface area contributed by atoms with Gasteiger partial charge in [0.1, 0.15) is 29.2 Å². The first-order valence-electron chi connectivity index (χ1n) is 12.0. The lowest BCUT2D eigenvalue weighted by atomic mass is 10.0. The van der Waals surface area contributed by atoms with E-state index in [1.165, 1.54) is 12.3 Å². The number of aromatic nitrogens is 2. The first-order valence-corrected chi connectivity index (χ1v) is 13.9. The summed E-state index contributed by atoms with van der Waals surface area (Å²) in [6, 6.07) is 12.2. The number of hydrogen-bond donors (Lipinski definition) is 1. The molecule has 12 heteroatoms. The molecule has 0 spiro atoms. The van der Waals surface area contributed by atoms with Crippen LogP contribution in [0.1, 0.15) is 49.6 Å². The highest BCUT2D eigenvalue weighted by Crippen LogP contribution is 2.27. The lowest BCUT2D eigenvalue weighted by Crippen LogP contribution is -2.34. The first-order chi connectivity index (χ1) is 18.1. The number of nitriles is 1. The maximum absolute atomic E-state index is 12.0. The predicted molar refractivity (Wildman–Crippen MR) is 143 cm³/mol. The second kappa shape index (κ2) is 11.0. The van der Waals surface area contributed by atoms with E-state index in [1.807, 2.05) is 6.92 Å². The van der Waals surface area contributed by atoms with Gasteiger partial charge in [-0.05, 0) is 50.5 Å². The Hall–Kier alpha value is -4.24. The van der Waals surface area contributed by atoms with E-state index in [4.69, 9.17) is 15.6 Å². The molecule has 2 aromatic heterocycles. The van der Waals surface area contributed by atoms with Gasteiger partial charge in [0, 0.05) is 31.0 Å². The fraction of sp³-hybridized carbons (Fsp3) is 0.346. The van der Waals surface area contributed by atoms with Crippen molar-refractivity contribution in [1.29, 1.82) is 5.26 Å². The summed E-state index contributed by atoms with van der Waals surface area (Å²) in [5.74, 6) is 6.12. The van der Waals surface area contributed by atoms with Crippen molar-refractivity contribution in [3.63, 3.8) is 0 Å². The number of imidazole rings is 1. The molecule has 198 valence electrons. The molecule has 1 aliphatic rings. The number of amides is 1. The van der Waals surface area contributed by atoms with Crippen LogP contribution in [0.5, 0.6) is 5.88 Å². The number of hydrogen-bond acceptors (Lipinski definition) is 9. The molecule has 1 fully saturated rings. The van der Waals surface area contributed by atoms with Gasteiger partial charge in [-0.1, -0.05) is 12.1 Å². The molecule has 1 amide bonds. The molecule has 2 N–H and O–H groups in total. The Balaban J connectivity index is 1.70. The van der Waals surface area contributed by atoms with Crippen LogP contribution in [0.4, 0.5) is 0 Å². The minimum Gasteiger partial charge on any atom is -0.471 e. The van der Waals surface area contributed by atoms with Gasteiger partial charge >= 0.3 is 0 Å². The number of sulfone groups is 1. The molecule has 11 nitrogen and oxygen atoms in total. The van der Waals surface area contributed by atoms with Gasteiger partial charge in [0.05, 0.1) is 22.8 Å². The second-order valence-corrected chi connectivity index (χ2v) is 11.2. The number of pyridine rings is 1. The van der Waals surface area contributed by atoms with Gasteiger partial charge < -0.3 is 15.5 Å². The van der Waals surface area contributed by atoms with Crippen LogP contribution in [0, 0.1) is 11.3 Å². The molecule has 4 rings (SSSR count). The Morgan fingerprint density at radius 3 is 2.66 bits per heavy atom. The van der Waals surface area contributed by atoms with Crippen LogP contribution in [-0.4, -0.2) is 65.9 Å². The van der Waals surface area contributed by atoms with E-state index < -0.39 is 15.9 Å². The average molecular weight is 536 g/mol. The van der Waals surface area contributed by atoms with E-state index in [9.17, 15) is 18.5 Å². The SMILES string of the molecule is CC(=NC1CCN(C=O)CC1)/C(=N\N)c1cc(OC(C)c2cccc(S(C)(=O)=O)c2)n2c(C#N)cnc2c1. The number of carbonyl (C=O) groups excluding carboxylic acids is 1. The summed E-state index contributed by atoms with van der Waals surface area (Å²) in [7, 11) is -3.39. The number of hydrazone groups is 1. The minimum atomic E-state index is -3.39. The van der Waals surface area contributed by atoms with Gasteiger partial charge in [-0.25, -0.2) is 13.4 Å². The summed E-state index contributed by atoms with van der Waals surface area (Å²) in [6.07, 6.45) is 4.39. The number of piperidine rings is 1. The van der Waals surface area contributed by atoms with Crippen LogP contribution in [-0.2, 0) is 14.6 Å². The molecular formula is C26H29N7O4S. The zero-order valence-corrected chi connectivity index (χ0v) is 22.2. The Labute approximate surface area is 221 Å². The summed E-state index contributed by atoms with van der Waals surface area (Å²) < 4.78 is 31.9. The van der Waals surface area contributed by atoms with Crippen molar-refractivity contribution in [2.45, 2.75) is 43.7 Å². The molecule has 0 bridgehead atoms. The molecule has 3 heterocycles. The van der Waals surface area contributed by atoms with Crippen LogP contribution in [0.2, 0.25) is 0 Å². The lowest BCUT2D eigenvalue weighted by molar-refractivity contribution is -0.119. The van der Waals surface area contributed by atoms with Crippen molar-refractivity contribution < 1.29 is 17.9 Å². The topological polar surface area (TPSA) is 156 Å². The maximum atomic E-state index is 12.0. The van der Waals surface area contributed by atoms with Gasteiger partial charge in [0.2, 0.25) is 12.3 Å². The molecule has 1 aromatic carbocycles. The molecule has 1 atom stereocenters. The number of nitrogens with zero attached hydrogens (tertiary/aromatic N) is 6. The Morgan fingerprint density at radius 1 is 1.29 bits per heavy atom. The number of aliphatic imine (C=N–C) groups is 1. The standard InChI is InChI=1S/C26H29N7O4S/c1-17(30-21-7-9-32(16-34)10-8-21)26(31-28)20-12-24-29-15-22(14-27)33(24)25(13-20)37-18(2)19-5-4-6-23(11-19)38(3,35)36/h4-6,11-13,15-16,18,21H,7-10,28H2,1-3H3/b30-17?,31-26+. The van der Waals surface area contributed by atoms with Crippen molar-refractivity contribution in [1.82, 2.24) is 14.3 Å². The van der Waals surface area contributed by atoms with Crippen LogP contribution in [0.25, 0.3) is 5.65 Å². The van der Waals surface area contributed by atoms with E-state index in [2.05, 4.69) is 16.2 Å². The van der Waals surface area contributed by atoms with Crippen LogP contribution in [0.15, 0.2) is 57.6 Å². The van der Waals surface area contributed by atoms with Crippen molar-refractivity contribution in [2.24, 2.45) is 15.9 Å². The smallest absolute Gasteiger partial charge is 0.209 e. The molecule has 0 aliphatic carbocycles. The van der Waals surface area contributed by atoms with Crippen molar-refractivity contribution in [2.75, 3.05) is 19.3 Å². The molecule has 0 saturated carbocycles. The highest BCUT2D eigenvalue weighted by Gasteiger charge is 2.21. The highest BCUT2D eigenvalue weighted by atomic mass is 32.2. The third-order valence-corrected chi connectivity index (χ3v) is 7.62. The fourth-order valence-corrected chi connectivity index (χ4v) is 5.14. The molecule has 1 saturated heterocycles. The second-order valence-electron chi connectivity index (χ2n) is 9.20. The average Bonchev–Trinajstić information content (AvgIpc) is 3.32. The molecular weight excluding hydrogens is 506 g/mol. The summed E-state index contributed by atoms with van der Waals surface area (Å²) in [4.78, 5) is 22.1. The normalized spacial score (nSPS) is 16.3. The maximum Gasteiger partial charge on any atom is 0.209 e.